The van der Waals surface area contributed by atoms with E-state index in [1.165, 1.54) is 24.3 Å². The molecule has 3 amide bonds. The highest BCUT2D eigenvalue weighted by Gasteiger charge is 2.06. The second-order valence-electron chi connectivity index (χ2n) is 5.62. The number of carbonyl (C=O) groups is 2. The first kappa shape index (κ1) is 18.4. The SMILES string of the molecule is CCCNC(=O)NCc1cccc(CNC(=O)c2ccc(F)cc2)c1. The summed E-state index contributed by atoms with van der Waals surface area (Å²) >= 11 is 0. The van der Waals surface area contributed by atoms with Crippen molar-refractivity contribution in [3.63, 3.8) is 0 Å². The summed E-state index contributed by atoms with van der Waals surface area (Å²) in [5, 5.41) is 8.32. The van der Waals surface area contributed by atoms with Crippen molar-refractivity contribution in [3.8, 4) is 0 Å². The fraction of sp³-hybridized carbons (Fsp3) is 0.263. The molecule has 2 aromatic carbocycles. The van der Waals surface area contributed by atoms with Gasteiger partial charge < -0.3 is 16.0 Å². The number of urea groups is 1. The summed E-state index contributed by atoms with van der Waals surface area (Å²) in [6.07, 6.45) is 0.886. The Labute approximate surface area is 146 Å². The monoisotopic (exact) mass is 343 g/mol. The van der Waals surface area contributed by atoms with Crippen LogP contribution in [0.2, 0.25) is 0 Å². The number of hydrogen-bond acceptors (Lipinski definition) is 2. The van der Waals surface area contributed by atoms with Crippen LogP contribution in [0.25, 0.3) is 0 Å². The lowest BCUT2D eigenvalue weighted by Gasteiger charge is -2.09. The molecule has 0 bridgehead atoms. The quantitative estimate of drug-likeness (QED) is 0.723. The van der Waals surface area contributed by atoms with Crippen LogP contribution in [0.4, 0.5) is 9.18 Å². The molecule has 0 atom stereocenters. The molecule has 0 spiro atoms. The predicted octanol–water partition coefficient (Wildman–Crippen LogP) is 2.96. The van der Waals surface area contributed by atoms with Crippen LogP contribution in [-0.4, -0.2) is 18.5 Å². The third-order valence-corrected chi connectivity index (χ3v) is 3.54. The van der Waals surface area contributed by atoms with Crippen LogP contribution >= 0.6 is 0 Å². The molecule has 0 fully saturated rings. The molecular weight excluding hydrogens is 321 g/mol. The van der Waals surface area contributed by atoms with Gasteiger partial charge in [-0.25, -0.2) is 9.18 Å². The normalized spacial score (nSPS) is 10.2. The van der Waals surface area contributed by atoms with Crippen LogP contribution < -0.4 is 16.0 Å². The van der Waals surface area contributed by atoms with Gasteiger partial charge in [0.2, 0.25) is 0 Å². The third-order valence-electron chi connectivity index (χ3n) is 3.54. The van der Waals surface area contributed by atoms with Crippen molar-refractivity contribution in [2.24, 2.45) is 0 Å². The second-order valence-corrected chi connectivity index (χ2v) is 5.62. The number of rotatable bonds is 7. The molecule has 0 aliphatic rings. The Morgan fingerprint density at radius 1 is 0.920 bits per heavy atom. The predicted molar refractivity (Wildman–Crippen MR) is 94.5 cm³/mol. The molecule has 0 aromatic heterocycles. The van der Waals surface area contributed by atoms with Crippen molar-refractivity contribution >= 4 is 11.9 Å². The van der Waals surface area contributed by atoms with E-state index in [1.807, 2.05) is 31.2 Å². The molecule has 0 saturated carbocycles. The van der Waals surface area contributed by atoms with Crippen LogP contribution in [0.3, 0.4) is 0 Å². The third kappa shape index (κ3) is 6.25. The van der Waals surface area contributed by atoms with Crippen molar-refractivity contribution in [1.82, 2.24) is 16.0 Å². The van der Waals surface area contributed by atoms with Crippen LogP contribution in [0, 0.1) is 5.82 Å². The summed E-state index contributed by atoms with van der Waals surface area (Å²) in [6.45, 7) is 3.40. The molecule has 0 aliphatic heterocycles. The van der Waals surface area contributed by atoms with Gasteiger partial charge >= 0.3 is 6.03 Å². The highest BCUT2D eigenvalue weighted by molar-refractivity contribution is 5.94. The number of amides is 3. The molecule has 0 aliphatic carbocycles. The van der Waals surface area contributed by atoms with Crippen molar-refractivity contribution in [2.75, 3.05) is 6.54 Å². The van der Waals surface area contributed by atoms with Gasteiger partial charge in [0.05, 0.1) is 0 Å². The van der Waals surface area contributed by atoms with Gasteiger partial charge in [-0.1, -0.05) is 31.2 Å². The van der Waals surface area contributed by atoms with E-state index >= 15 is 0 Å². The number of halogens is 1. The zero-order chi connectivity index (χ0) is 18.1. The fourth-order valence-electron chi connectivity index (χ4n) is 2.22. The van der Waals surface area contributed by atoms with Gasteiger partial charge in [0, 0.05) is 25.2 Å². The Kier molecular flexibility index (Phi) is 6.95. The second kappa shape index (κ2) is 9.42. The summed E-state index contributed by atoms with van der Waals surface area (Å²) in [6, 6.07) is 12.8. The van der Waals surface area contributed by atoms with E-state index in [1.54, 1.807) is 0 Å². The Balaban J connectivity index is 1.85. The zero-order valence-corrected chi connectivity index (χ0v) is 14.1. The maximum Gasteiger partial charge on any atom is 0.315 e. The fourth-order valence-corrected chi connectivity index (χ4v) is 2.22. The Bertz CT molecular complexity index is 717. The maximum atomic E-state index is 12.9. The maximum absolute atomic E-state index is 12.9. The van der Waals surface area contributed by atoms with Crippen molar-refractivity contribution in [2.45, 2.75) is 26.4 Å². The summed E-state index contributed by atoms with van der Waals surface area (Å²) in [7, 11) is 0. The van der Waals surface area contributed by atoms with E-state index in [0.29, 0.717) is 25.2 Å². The molecule has 132 valence electrons. The highest BCUT2D eigenvalue weighted by Crippen LogP contribution is 2.07. The molecule has 0 heterocycles. The Morgan fingerprint density at radius 3 is 2.20 bits per heavy atom. The molecule has 6 heteroatoms. The van der Waals surface area contributed by atoms with Gasteiger partial charge in [-0.15, -0.1) is 0 Å². The molecular formula is C19H22FN3O2. The minimum Gasteiger partial charge on any atom is -0.348 e. The highest BCUT2D eigenvalue weighted by atomic mass is 19.1. The summed E-state index contributed by atoms with van der Waals surface area (Å²) in [4.78, 5) is 23.6. The number of nitrogens with one attached hydrogen (secondary N) is 3. The molecule has 25 heavy (non-hydrogen) atoms. The minimum atomic E-state index is -0.375. The van der Waals surface area contributed by atoms with Crippen LogP contribution in [0.5, 0.6) is 0 Å². The van der Waals surface area contributed by atoms with Gasteiger partial charge in [-0.05, 0) is 41.8 Å². The lowest BCUT2D eigenvalue weighted by molar-refractivity contribution is 0.0951. The van der Waals surface area contributed by atoms with Gasteiger partial charge in [0.15, 0.2) is 0 Å². The number of hydrogen-bond donors (Lipinski definition) is 3. The molecule has 3 N–H and O–H groups in total. The van der Waals surface area contributed by atoms with E-state index in [2.05, 4.69) is 16.0 Å². The van der Waals surface area contributed by atoms with Gasteiger partial charge in [-0.2, -0.15) is 0 Å². The average Bonchev–Trinajstić information content (AvgIpc) is 2.63. The lowest BCUT2D eigenvalue weighted by atomic mass is 10.1. The first-order valence-electron chi connectivity index (χ1n) is 8.21. The molecule has 0 unspecified atom stereocenters. The largest absolute Gasteiger partial charge is 0.348 e. The Hall–Kier alpha value is -2.89. The van der Waals surface area contributed by atoms with Crippen LogP contribution in [0.15, 0.2) is 48.5 Å². The van der Waals surface area contributed by atoms with E-state index in [4.69, 9.17) is 0 Å². The lowest BCUT2D eigenvalue weighted by Crippen LogP contribution is -2.35. The molecule has 5 nitrogen and oxygen atoms in total. The van der Waals surface area contributed by atoms with Crippen molar-refractivity contribution < 1.29 is 14.0 Å². The van der Waals surface area contributed by atoms with Gasteiger partial charge in [0.1, 0.15) is 5.82 Å². The first-order chi connectivity index (χ1) is 12.1. The van der Waals surface area contributed by atoms with Crippen molar-refractivity contribution in [3.05, 3.63) is 71.0 Å². The molecule has 0 radical (unpaired) electrons. The van der Waals surface area contributed by atoms with Gasteiger partial charge in [0.25, 0.3) is 5.91 Å². The molecule has 0 saturated heterocycles. The topological polar surface area (TPSA) is 70.2 Å². The van der Waals surface area contributed by atoms with Gasteiger partial charge in [-0.3, -0.25) is 4.79 Å². The van der Waals surface area contributed by atoms with Crippen molar-refractivity contribution in [1.29, 1.82) is 0 Å². The number of benzene rings is 2. The minimum absolute atomic E-state index is 0.197. The average molecular weight is 343 g/mol. The first-order valence-corrected chi connectivity index (χ1v) is 8.21. The van der Waals surface area contributed by atoms with E-state index in [-0.39, 0.29) is 17.8 Å². The van der Waals surface area contributed by atoms with E-state index in [9.17, 15) is 14.0 Å². The molecule has 2 rings (SSSR count). The summed E-state index contributed by atoms with van der Waals surface area (Å²) < 4.78 is 12.9. The zero-order valence-electron chi connectivity index (χ0n) is 14.1. The van der Waals surface area contributed by atoms with Crippen LogP contribution in [0.1, 0.15) is 34.8 Å². The molecule has 2 aromatic rings. The Morgan fingerprint density at radius 2 is 1.56 bits per heavy atom. The van der Waals surface area contributed by atoms with E-state index in [0.717, 1.165) is 17.5 Å². The number of carbonyl (C=O) groups excluding carboxylic acids is 2. The summed E-state index contributed by atoms with van der Waals surface area (Å²) in [5.41, 5.74) is 2.27. The standard InChI is InChI=1S/C19H22FN3O2/c1-2-10-21-19(25)23-13-15-5-3-4-14(11-15)12-22-18(24)16-6-8-17(20)9-7-16/h3-9,11H,2,10,12-13H2,1H3,(H,22,24)(H2,21,23,25). The van der Waals surface area contributed by atoms with Crippen LogP contribution in [-0.2, 0) is 13.1 Å². The van der Waals surface area contributed by atoms with E-state index < -0.39 is 0 Å². The smallest absolute Gasteiger partial charge is 0.315 e. The summed E-state index contributed by atoms with van der Waals surface area (Å²) in [5.74, 6) is -0.637.